The Labute approximate surface area is 169 Å². The van der Waals surface area contributed by atoms with Gasteiger partial charge in [-0.15, -0.1) is 11.3 Å². The standard InChI is InChI=1S/C22H23N3O2S/c1-16(19-7-5-11-23-13-19)25(3)22(26)10-9-18-6-4-8-21(12-18)27-14-20-15-28-17(2)24-20/h4-13,15-16H,14H2,1-3H3. The van der Waals surface area contributed by atoms with Gasteiger partial charge >= 0.3 is 0 Å². The Kier molecular flexibility index (Phi) is 6.55. The van der Waals surface area contributed by atoms with Crippen LogP contribution < -0.4 is 4.74 Å². The van der Waals surface area contributed by atoms with Crippen molar-refractivity contribution in [3.8, 4) is 5.75 Å². The number of ether oxygens (including phenoxy) is 1. The van der Waals surface area contributed by atoms with Gasteiger partial charge in [0.2, 0.25) is 5.91 Å². The monoisotopic (exact) mass is 393 g/mol. The maximum absolute atomic E-state index is 12.5. The summed E-state index contributed by atoms with van der Waals surface area (Å²) < 4.78 is 5.80. The number of hydrogen-bond acceptors (Lipinski definition) is 5. The molecule has 0 radical (unpaired) electrons. The summed E-state index contributed by atoms with van der Waals surface area (Å²) in [6.45, 7) is 4.39. The molecule has 28 heavy (non-hydrogen) atoms. The summed E-state index contributed by atoms with van der Waals surface area (Å²) in [5.41, 5.74) is 2.83. The third-order valence-electron chi connectivity index (χ3n) is 4.43. The number of pyridine rings is 1. The van der Waals surface area contributed by atoms with Crippen LogP contribution in [0.1, 0.15) is 34.8 Å². The number of carbonyl (C=O) groups excluding carboxylic acids is 1. The highest BCUT2D eigenvalue weighted by molar-refractivity contribution is 7.09. The number of thiazole rings is 1. The molecule has 2 aromatic heterocycles. The lowest BCUT2D eigenvalue weighted by Gasteiger charge is -2.23. The molecule has 0 aliphatic rings. The van der Waals surface area contributed by atoms with Gasteiger partial charge in [0.15, 0.2) is 0 Å². The molecular weight excluding hydrogens is 370 g/mol. The van der Waals surface area contributed by atoms with Crippen LogP contribution in [0.25, 0.3) is 6.08 Å². The zero-order valence-electron chi connectivity index (χ0n) is 16.2. The van der Waals surface area contributed by atoms with Crippen molar-refractivity contribution < 1.29 is 9.53 Å². The molecule has 0 fully saturated rings. The molecule has 1 atom stereocenters. The van der Waals surface area contributed by atoms with Crippen molar-refractivity contribution in [1.82, 2.24) is 14.9 Å². The summed E-state index contributed by atoms with van der Waals surface area (Å²) in [7, 11) is 1.79. The molecule has 5 nitrogen and oxygen atoms in total. The van der Waals surface area contributed by atoms with E-state index in [9.17, 15) is 4.79 Å². The molecular formula is C22H23N3O2S. The number of benzene rings is 1. The van der Waals surface area contributed by atoms with Crippen LogP contribution >= 0.6 is 11.3 Å². The predicted octanol–water partition coefficient (Wildman–Crippen LogP) is 4.66. The van der Waals surface area contributed by atoms with E-state index in [0.29, 0.717) is 6.61 Å². The van der Waals surface area contributed by atoms with E-state index in [1.807, 2.05) is 55.6 Å². The molecule has 0 bridgehead atoms. The Morgan fingerprint density at radius 2 is 2.18 bits per heavy atom. The van der Waals surface area contributed by atoms with Crippen LogP contribution in [-0.4, -0.2) is 27.8 Å². The molecule has 144 valence electrons. The Balaban J connectivity index is 1.60. The number of hydrogen-bond donors (Lipinski definition) is 0. The second-order valence-corrected chi connectivity index (χ2v) is 7.53. The molecule has 0 aliphatic carbocycles. The molecule has 0 spiro atoms. The minimum atomic E-state index is -0.0689. The first-order valence-corrected chi connectivity index (χ1v) is 9.89. The van der Waals surface area contributed by atoms with Crippen molar-refractivity contribution in [2.75, 3.05) is 7.05 Å². The van der Waals surface area contributed by atoms with E-state index in [2.05, 4.69) is 9.97 Å². The van der Waals surface area contributed by atoms with Gasteiger partial charge in [-0.2, -0.15) is 0 Å². The van der Waals surface area contributed by atoms with Crippen LogP contribution in [0.5, 0.6) is 5.75 Å². The zero-order valence-corrected chi connectivity index (χ0v) is 17.0. The summed E-state index contributed by atoms with van der Waals surface area (Å²) in [5.74, 6) is 0.679. The van der Waals surface area contributed by atoms with Crippen molar-refractivity contribution in [2.45, 2.75) is 26.5 Å². The number of aryl methyl sites for hydroxylation is 1. The van der Waals surface area contributed by atoms with Gasteiger partial charge in [0.25, 0.3) is 0 Å². The number of likely N-dealkylation sites (N-methyl/N-ethyl adjacent to an activating group) is 1. The Morgan fingerprint density at radius 3 is 2.89 bits per heavy atom. The van der Waals surface area contributed by atoms with Crippen molar-refractivity contribution in [3.63, 3.8) is 0 Å². The van der Waals surface area contributed by atoms with Crippen LogP contribution in [0.3, 0.4) is 0 Å². The normalized spacial score (nSPS) is 12.1. The number of carbonyl (C=O) groups is 1. The molecule has 1 aromatic carbocycles. The van der Waals surface area contributed by atoms with Gasteiger partial charge in [-0.25, -0.2) is 4.98 Å². The lowest BCUT2D eigenvalue weighted by Crippen LogP contribution is -2.28. The van der Waals surface area contributed by atoms with E-state index in [1.165, 1.54) is 0 Å². The van der Waals surface area contributed by atoms with E-state index in [4.69, 9.17) is 4.74 Å². The summed E-state index contributed by atoms with van der Waals surface area (Å²) in [6.07, 6.45) is 6.88. The van der Waals surface area contributed by atoms with E-state index in [-0.39, 0.29) is 11.9 Å². The average molecular weight is 394 g/mol. The Hall–Kier alpha value is -2.99. The van der Waals surface area contributed by atoms with Gasteiger partial charge in [-0.3, -0.25) is 9.78 Å². The van der Waals surface area contributed by atoms with E-state index < -0.39 is 0 Å². The van der Waals surface area contributed by atoms with Gasteiger partial charge in [-0.1, -0.05) is 18.2 Å². The largest absolute Gasteiger partial charge is 0.487 e. The highest BCUT2D eigenvalue weighted by Crippen LogP contribution is 2.19. The van der Waals surface area contributed by atoms with E-state index in [1.54, 1.807) is 47.8 Å². The molecule has 2 heterocycles. The topological polar surface area (TPSA) is 55.3 Å². The fraction of sp³-hybridized carbons (Fsp3) is 0.227. The minimum absolute atomic E-state index is 0.0536. The Morgan fingerprint density at radius 1 is 1.32 bits per heavy atom. The molecule has 6 heteroatoms. The number of aromatic nitrogens is 2. The fourth-order valence-corrected chi connectivity index (χ4v) is 3.26. The van der Waals surface area contributed by atoms with Crippen LogP contribution in [0, 0.1) is 6.92 Å². The molecule has 0 saturated heterocycles. The first-order valence-electron chi connectivity index (χ1n) is 9.01. The molecule has 0 N–H and O–H groups in total. The first-order chi connectivity index (χ1) is 13.5. The average Bonchev–Trinajstić information content (AvgIpc) is 3.15. The second kappa shape index (κ2) is 9.28. The van der Waals surface area contributed by atoms with Gasteiger partial charge in [0, 0.05) is 30.9 Å². The molecule has 1 amide bonds. The lowest BCUT2D eigenvalue weighted by molar-refractivity contribution is -0.126. The van der Waals surface area contributed by atoms with Crippen molar-refractivity contribution in [2.24, 2.45) is 0 Å². The summed E-state index contributed by atoms with van der Waals surface area (Å²) in [6, 6.07) is 11.4. The van der Waals surface area contributed by atoms with Crippen LogP contribution in [-0.2, 0) is 11.4 Å². The van der Waals surface area contributed by atoms with Crippen molar-refractivity contribution in [3.05, 3.63) is 82.1 Å². The predicted molar refractivity (Wildman–Crippen MR) is 112 cm³/mol. The summed E-state index contributed by atoms with van der Waals surface area (Å²) in [4.78, 5) is 22.7. The number of rotatable bonds is 7. The SMILES string of the molecule is Cc1nc(COc2cccc(C=CC(=O)N(C)C(C)c3cccnc3)c2)cs1. The molecule has 3 rings (SSSR count). The summed E-state index contributed by atoms with van der Waals surface area (Å²) in [5, 5.41) is 3.02. The third-order valence-corrected chi connectivity index (χ3v) is 5.25. The lowest BCUT2D eigenvalue weighted by atomic mass is 10.1. The molecule has 1 unspecified atom stereocenters. The van der Waals surface area contributed by atoms with Crippen LogP contribution in [0.15, 0.2) is 60.2 Å². The molecule has 0 saturated carbocycles. The van der Waals surface area contributed by atoms with Gasteiger partial charge < -0.3 is 9.64 Å². The maximum atomic E-state index is 12.5. The van der Waals surface area contributed by atoms with Crippen molar-refractivity contribution >= 4 is 23.3 Å². The van der Waals surface area contributed by atoms with Gasteiger partial charge in [0.1, 0.15) is 12.4 Å². The van der Waals surface area contributed by atoms with Crippen LogP contribution in [0.4, 0.5) is 0 Å². The highest BCUT2D eigenvalue weighted by atomic mass is 32.1. The highest BCUT2D eigenvalue weighted by Gasteiger charge is 2.15. The van der Waals surface area contributed by atoms with Crippen molar-refractivity contribution in [1.29, 1.82) is 0 Å². The molecule has 0 aliphatic heterocycles. The maximum Gasteiger partial charge on any atom is 0.246 e. The number of amides is 1. The van der Waals surface area contributed by atoms with Crippen LogP contribution in [0.2, 0.25) is 0 Å². The summed E-state index contributed by atoms with van der Waals surface area (Å²) >= 11 is 1.61. The third kappa shape index (κ3) is 5.27. The zero-order chi connectivity index (χ0) is 19.9. The van der Waals surface area contributed by atoms with Gasteiger partial charge in [0.05, 0.1) is 16.7 Å². The first kappa shape index (κ1) is 19.8. The Bertz CT molecular complexity index is 953. The van der Waals surface area contributed by atoms with E-state index >= 15 is 0 Å². The fourth-order valence-electron chi connectivity index (χ4n) is 2.66. The van der Waals surface area contributed by atoms with E-state index in [0.717, 1.165) is 27.6 Å². The molecule has 3 aromatic rings. The smallest absolute Gasteiger partial charge is 0.246 e. The van der Waals surface area contributed by atoms with Gasteiger partial charge in [-0.05, 0) is 49.2 Å². The second-order valence-electron chi connectivity index (χ2n) is 6.46. The minimum Gasteiger partial charge on any atom is -0.487 e. The quantitative estimate of drug-likeness (QED) is 0.548. The number of nitrogens with zero attached hydrogens (tertiary/aromatic N) is 3.